The molecule has 23 nitrogen and oxygen atoms in total. The van der Waals surface area contributed by atoms with E-state index in [0.29, 0.717) is 31.2 Å². The predicted molar refractivity (Wildman–Crippen MR) is 363 cm³/mol. The Morgan fingerprint density at radius 1 is 0.694 bits per heavy atom. The van der Waals surface area contributed by atoms with Crippen molar-refractivity contribution in [1.29, 1.82) is 0 Å². The van der Waals surface area contributed by atoms with E-state index in [0.717, 1.165) is 22.6 Å². The van der Waals surface area contributed by atoms with Crippen molar-refractivity contribution in [3.05, 3.63) is 69.7 Å². The fourth-order valence-corrected chi connectivity index (χ4v) is 14.1. The summed E-state index contributed by atoms with van der Waals surface area (Å²) in [4.78, 5) is 173. The monoisotopic (exact) mass is 1400 g/mol. The third-order valence-electron chi connectivity index (χ3n) is 20.4. The lowest BCUT2D eigenvalue weighted by molar-refractivity contribution is -0.158. The largest absolute Gasteiger partial charge is 0.417 e. The number of benzene rings is 2. The van der Waals surface area contributed by atoms with Gasteiger partial charge >= 0.3 is 6.18 Å². The first kappa shape index (κ1) is 79.6. The second-order valence-electron chi connectivity index (χ2n) is 27.9. The molecular weight excluding hydrogens is 1290 g/mol. The number of hydrogen-bond donors (Lipinski definition) is 4. The lowest BCUT2D eigenvalue weighted by Crippen LogP contribution is -2.65. The number of carbonyl (C=O) groups excluding carboxylic acids is 11. The van der Waals surface area contributed by atoms with E-state index in [4.69, 9.17) is 16.3 Å². The van der Waals surface area contributed by atoms with E-state index in [1.165, 1.54) is 70.6 Å². The molecule has 544 valence electrons. The lowest BCUT2D eigenvalue weighted by atomic mass is 9.90. The molecule has 4 aliphatic rings. The van der Waals surface area contributed by atoms with Crippen LogP contribution in [0.4, 0.5) is 13.2 Å². The zero-order valence-electron chi connectivity index (χ0n) is 59.8. The number of hydrogen-bond acceptors (Lipinski definition) is 12. The molecule has 1 saturated carbocycles. The summed E-state index contributed by atoms with van der Waals surface area (Å²) in [7, 11) is 5.87. The van der Waals surface area contributed by atoms with Crippen molar-refractivity contribution in [2.45, 2.75) is 232 Å². The molecule has 4 fully saturated rings. The van der Waals surface area contributed by atoms with Gasteiger partial charge in [0.15, 0.2) is 0 Å². The van der Waals surface area contributed by atoms with Crippen molar-refractivity contribution >= 4 is 76.6 Å². The quantitative estimate of drug-likeness (QED) is 0.168. The average Bonchev–Trinajstić information content (AvgIpc) is 1.34. The molecule has 0 unspecified atom stereocenters. The van der Waals surface area contributed by atoms with Crippen LogP contribution >= 0.6 is 11.6 Å². The number of ether oxygens (including phenoxy) is 1. The molecule has 2 aromatic rings. The Hall–Kier alpha value is -7.35. The zero-order valence-corrected chi connectivity index (χ0v) is 60.6. The molecule has 98 heavy (non-hydrogen) atoms. The summed E-state index contributed by atoms with van der Waals surface area (Å²) in [6.45, 7) is 19.0. The molecule has 11 amide bonds. The van der Waals surface area contributed by atoms with Gasteiger partial charge in [-0.2, -0.15) is 13.2 Å². The number of aryl methyl sites for hydroxylation is 2. The Balaban J connectivity index is 1.44. The third-order valence-corrected chi connectivity index (χ3v) is 20.7. The summed E-state index contributed by atoms with van der Waals surface area (Å²) in [6.07, 6.45) is -3.52. The molecule has 27 heteroatoms. The van der Waals surface area contributed by atoms with Gasteiger partial charge in [-0.25, -0.2) is 0 Å². The van der Waals surface area contributed by atoms with Crippen molar-refractivity contribution in [3.63, 3.8) is 0 Å². The van der Waals surface area contributed by atoms with Crippen molar-refractivity contribution in [3.8, 4) is 0 Å². The predicted octanol–water partition coefficient (Wildman–Crippen LogP) is 6.07. The number of amides is 11. The number of carbonyl (C=O) groups is 11. The van der Waals surface area contributed by atoms with Gasteiger partial charge in [0.1, 0.15) is 53.9 Å². The van der Waals surface area contributed by atoms with E-state index in [1.54, 1.807) is 39.8 Å². The molecule has 0 bridgehead atoms. The van der Waals surface area contributed by atoms with Gasteiger partial charge in [0.05, 0.1) is 23.2 Å². The molecule has 12 atom stereocenters. The molecule has 6 rings (SSSR count). The fraction of sp³-hybridized carbons (Fsp3) is 0.676. The zero-order chi connectivity index (χ0) is 73.0. The molecule has 2 aromatic carbocycles. The lowest BCUT2D eigenvalue weighted by Gasteiger charge is -2.45. The first-order valence-corrected chi connectivity index (χ1v) is 35.1. The smallest absolute Gasteiger partial charge is 0.377 e. The molecule has 0 radical (unpaired) electrons. The first-order valence-electron chi connectivity index (χ1n) is 34.7. The van der Waals surface area contributed by atoms with Crippen molar-refractivity contribution in [2.24, 2.45) is 17.8 Å². The molecule has 3 saturated heterocycles. The van der Waals surface area contributed by atoms with E-state index >= 15 is 24.0 Å². The first-order chi connectivity index (χ1) is 46.0. The number of nitrogens with zero attached hydrogens (tertiary/aromatic N) is 7. The molecule has 0 aromatic heterocycles. The number of rotatable bonds is 14. The van der Waals surface area contributed by atoms with Crippen LogP contribution in [0.25, 0.3) is 0 Å². The molecule has 1 spiro atoms. The third kappa shape index (κ3) is 19.1. The highest BCUT2D eigenvalue weighted by molar-refractivity contribution is 6.31. The van der Waals surface area contributed by atoms with E-state index in [1.807, 2.05) is 53.7 Å². The summed E-state index contributed by atoms with van der Waals surface area (Å²) < 4.78 is 47.8. The van der Waals surface area contributed by atoms with Crippen molar-refractivity contribution < 1.29 is 70.6 Å². The van der Waals surface area contributed by atoms with Crippen LogP contribution in [-0.4, -0.2) is 226 Å². The Bertz CT molecular complexity index is 3210. The summed E-state index contributed by atoms with van der Waals surface area (Å²) >= 11 is 6.17. The van der Waals surface area contributed by atoms with Crippen LogP contribution in [0.15, 0.2) is 42.5 Å². The van der Waals surface area contributed by atoms with Gasteiger partial charge < -0.3 is 60.3 Å². The summed E-state index contributed by atoms with van der Waals surface area (Å²) in [5.74, 6) is -8.08. The summed E-state index contributed by atoms with van der Waals surface area (Å²) in [5.41, 5.74) is -0.784. The summed E-state index contributed by atoms with van der Waals surface area (Å²) in [6, 6.07) is -0.0564. The van der Waals surface area contributed by atoms with Crippen molar-refractivity contribution in [1.82, 2.24) is 55.6 Å². The topological polar surface area (TPSA) is 268 Å². The highest BCUT2D eigenvalue weighted by Crippen LogP contribution is 2.37. The number of halogens is 4. The van der Waals surface area contributed by atoms with E-state index in [-0.39, 0.29) is 95.5 Å². The Kier molecular flexibility index (Phi) is 28.1. The van der Waals surface area contributed by atoms with Crippen LogP contribution in [0, 0.1) is 24.7 Å². The van der Waals surface area contributed by atoms with E-state index < -0.39 is 166 Å². The average molecular weight is 1400 g/mol. The number of alkyl halides is 3. The van der Waals surface area contributed by atoms with Crippen LogP contribution < -0.4 is 21.3 Å². The maximum absolute atomic E-state index is 15.4. The van der Waals surface area contributed by atoms with E-state index in [9.17, 15) is 41.9 Å². The van der Waals surface area contributed by atoms with Gasteiger partial charge in [0.2, 0.25) is 65.0 Å². The van der Waals surface area contributed by atoms with Crippen molar-refractivity contribution in [2.75, 3.05) is 61.0 Å². The normalized spacial score (nSPS) is 27.0. The van der Waals surface area contributed by atoms with Crippen LogP contribution in [0.2, 0.25) is 5.02 Å². The van der Waals surface area contributed by atoms with Gasteiger partial charge in [-0.1, -0.05) is 115 Å². The highest BCUT2D eigenvalue weighted by Gasteiger charge is 2.52. The highest BCUT2D eigenvalue weighted by atomic mass is 35.5. The second-order valence-corrected chi connectivity index (χ2v) is 28.3. The van der Waals surface area contributed by atoms with Gasteiger partial charge in [-0.3, -0.25) is 52.7 Å². The molecule has 3 aliphatic heterocycles. The minimum absolute atomic E-state index is 0.0288. The van der Waals surface area contributed by atoms with Gasteiger partial charge in [-0.05, 0) is 114 Å². The molecule has 3 heterocycles. The van der Waals surface area contributed by atoms with Gasteiger partial charge in [0.25, 0.3) is 0 Å². The minimum Gasteiger partial charge on any atom is -0.377 e. The van der Waals surface area contributed by atoms with Gasteiger partial charge in [-0.15, -0.1) is 0 Å². The van der Waals surface area contributed by atoms with Crippen LogP contribution in [0.3, 0.4) is 0 Å². The fourth-order valence-electron chi connectivity index (χ4n) is 13.8. The van der Waals surface area contributed by atoms with Crippen LogP contribution in [0.5, 0.6) is 0 Å². The Morgan fingerprint density at radius 2 is 1.33 bits per heavy atom. The van der Waals surface area contributed by atoms with E-state index in [2.05, 4.69) is 21.3 Å². The van der Waals surface area contributed by atoms with Gasteiger partial charge in [0, 0.05) is 79.7 Å². The second kappa shape index (κ2) is 34.6. The number of fused-ring (bicyclic) bond motifs is 2. The standard InChI is InChI=1S/C71H105ClF3N11O12/c1-16-43(8)59-63(91)76-46(11)64(92)85-33-30-53(85)67(95)84(18-3)56(37-48-24-22-42(7)23-25-48)66(94)80(12)40-57(87)77-52(29-27-47-26-28-50(51(72)36-47)71(73,74)75)65(93)86-39-49(98-19-4)38-55(86)62(90)79-70(31-20-21-32-70)69(97)83(15)60(44(9)17-2)68(96)81(13)45(10)35-58(88)82(14)54(34-41(5)6)61(89)78-59/h22-26,28,36,41,43-46,49,52-56,59-60H,16-21,27,29-35,37-40H2,1-15H3,(H,76,91)(H,77,87)(H,78,89)(H,79,90)/t43-,44-,45+,46-,49+,52-,53-,54-,55-,56-,59-,60-/m0/s1. The number of nitrogens with one attached hydrogen (secondary N) is 4. The molecule has 4 N–H and O–H groups in total. The Morgan fingerprint density at radius 3 is 1.89 bits per heavy atom. The number of likely N-dealkylation sites (N-methyl/N-ethyl adjacent to an activating group) is 5. The Labute approximate surface area is 580 Å². The maximum atomic E-state index is 15.4. The SMILES string of the molecule is CCO[C@@H]1C[C@H]2C(=O)NC3(CCCC3)C(=O)N(C)[C@@H]([C@@H](C)CC)C(=O)N(C)[C@H](C)CC(=O)N(C)[C@@H](CC(C)C)C(=O)N[C@@H]([C@@H](C)CC)C(=O)N[C@@H](C)C(=O)N3CC[C@H]3C(=O)N(CC)[C@@H](Cc3ccc(C)cc3)C(=O)N(C)CC(=O)N[C@@H](CCc3ccc(C(F)(F)F)c(Cl)c3)C(=O)N2C1. The molecular formula is C71H105ClF3N11O12. The summed E-state index contributed by atoms with van der Waals surface area (Å²) in [5, 5.41) is 10.9. The molecule has 1 aliphatic carbocycles. The minimum atomic E-state index is -4.77. The van der Waals surface area contributed by atoms with Crippen LogP contribution in [0.1, 0.15) is 162 Å². The maximum Gasteiger partial charge on any atom is 0.417 e. The van der Waals surface area contributed by atoms with Crippen LogP contribution in [-0.2, 0) is 76.5 Å².